The summed E-state index contributed by atoms with van der Waals surface area (Å²) in [5.74, 6) is -0.130. The first kappa shape index (κ1) is 21.3. The molecule has 0 unspecified atom stereocenters. The average molecular weight is 448 g/mol. The van der Waals surface area contributed by atoms with Gasteiger partial charge in [-0.1, -0.05) is 41.9 Å². The second kappa shape index (κ2) is 8.67. The predicted molar refractivity (Wildman–Crippen MR) is 117 cm³/mol. The Bertz CT molecular complexity index is 1040. The number of rotatable bonds is 6. The van der Waals surface area contributed by atoms with E-state index in [1.165, 1.54) is 11.6 Å². The van der Waals surface area contributed by atoms with E-state index in [0.29, 0.717) is 12.1 Å². The highest BCUT2D eigenvalue weighted by Crippen LogP contribution is 2.33. The molecular formula is C22H26ClN3O3S. The van der Waals surface area contributed by atoms with Gasteiger partial charge in [-0.05, 0) is 55.5 Å². The number of hydrogen-bond acceptors (Lipinski definition) is 4. The van der Waals surface area contributed by atoms with E-state index < -0.39 is 10.0 Å². The van der Waals surface area contributed by atoms with Gasteiger partial charge >= 0.3 is 0 Å². The Morgan fingerprint density at radius 3 is 2.47 bits per heavy atom. The monoisotopic (exact) mass is 447 g/mol. The highest BCUT2D eigenvalue weighted by Gasteiger charge is 2.35. The number of nitrogens with zero attached hydrogens (tertiary/aromatic N) is 2. The van der Waals surface area contributed by atoms with Gasteiger partial charge < -0.3 is 9.80 Å². The number of halogens is 1. The molecule has 2 N–H and O–H groups in total. The summed E-state index contributed by atoms with van der Waals surface area (Å²) in [6, 6.07) is 13.6. The maximum atomic E-state index is 12.9. The average Bonchev–Trinajstić information content (AvgIpc) is 3.03. The zero-order chi connectivity index (χ0) is 21.3. The molecule has 1 fully saturated rings. The van der Waals surface area contributed by atoms with Crippen LogP contribution in [0.15, 0.2) is 47.4 Å². The first-order valence-electron chi connectivity index (χ1n) is 10.3. The minimum absolute atomic E-state index is 0.0686. The Morgan fingerprint density at radius 1 is 1.10 bits per heavy atom. The lowest BCUT2D eigenvalue weighted by atomic mass is 10.0. The van der Waals surface area contributed by atoms with Crippen molar-refractivity contribution in [1.82, 2.24) is 9.80 Å². The third-order valence-corrected chi connectivity index (χ3v) is 7.45. The zero-order valence-electron chi connectivity index (χ0n) is 16.8. The van der Waals surface area contributed by atoms with E-state index in [0.717, 1.165) is 50.9 Å². The number of fused-ring (bicyclic) bond motifs is 1. The second-order valence-corrected chi connectivity index (χ2v) is 10.0. The summed E-state index contributed by atoms with van der Waals surface area (Å²) < 4.78 is 23.4. The highest BCUT2D eigenvalue weighted by molar-refractivity contribution is 7.89. The van der Waals surface area contributed by atoms with Crippen LogP contribution in [0.1, 0.15) is 40.7 Å². The molecule has 30 heavy (non-hydrogen) atoms. The molecule has 0 bridgehead atoms. The Balaban J connectivity index is 1.33. The van der Waals surface area contributed by atoms with Crippen molar-refractivity contribution in [2.24, 2.45) is 5.14 Å². The van der Waals surface area contributed by atoms with Gasteiger partial charge in [-0.2, -0.15) is 0 Å². The number of likely N-dealkylation sites (tertiary alicyclic amines) is 1. The number of benzene rings is 2. The third-order valence-electron chi connectivity index (χ3n) is 6.08. The molecule has 4 rings (SSSR count). The summed E-state index contributed by atoms with van der Waals surface area (Å²) in [5.41, 5.74) is 2.53. The minimum atomic E-state index is -3.97. The smallest absolute Gasteiger partial charge is 0.254 e. The molecule has 2 heterocycles. The summed E-state index contributed by atoms with van der Waals surface area (Å²) in [6.45, 7) is 3.45. The van der Waals surface area contributed by atoms with Crippen molar-refractivity contribution >= 4 is 27.5 Å². The number of amides is 1. The van der Waals surface area contributed by atoms with Gasteiger partial charge in [-0.15, -0.1) is 0 Å². The molecule has 2 aromatic carbocycles. The van der Waals surface area contributed by atoms with Gasteiger partial charge in [0.1, 0.15) is 4.90 Å². The lowest BCUT2D eigenvalue weighted by Crippen LogP contribution is -2.45. The maximum absolute atomic E-state index is 12.9. The number of piperidine rings is 1. The third kappa shape index (κ3) is 4.54. The normalized spacial score (nSPS) is 18.1. The van der Waals surface area contributed by atoms with Crippen LogP contribution in [0.3, 0.4) is 0 Å². The fourth-order valence-electron chi connectivity index (χ4n) is 4.45. The van der Waals surface area contributed by atoms with Gasteiger partial charge in [-0.3, -0.25) is 4.79 Å². The van der Waals surface area contributed by atoms with Gasteiger partial charge in [0, 0.05) is 31.2 Å². The van der Waals surface area contributed by atoms with E-state index in [2.05, 4.69) is 29.2 Å². The van der Waals surface area contributed by atoms with Crippen molar-refractivity contribution in [2.45, 2.75) is 43.2 Å². The summed E-state index contributed by atoms with van der Waals surface area (Å²) in [6.07, 6.45) is 4.03. The van der Waals surface area contributed by atoms with Crippen LogP contribution in [-0.4, -0.2) is 49.8 Å². The lowest BCUT2D eigenvalue weighted by Gasteiger charge is -2.36. The fraction of sp³-hybridized carbons (Fsp3) is 0.409. The number of aryl methyl sites for hydroxylation is 1. The van der Waals surface area contributed by atoms with Crippen LogP contribution in [-0.2, 0) is 23.0 Å². The number of sulfonamides is 1. The van der Waals surface area contributed by atoms with Crippen molar-refractivity contribution in [1.29, 1.82) is 0 Å². The van der Waals surface area contributed by atoms with Crippen LogP contribution in [0.4, 0.5) is 0 Å². The largest absolute Gasteiger partial charge is 0.331 e. The number of carbonyl (C=O) groups excluding carboxylic acids is 1. The van der Waals surface area contributed by atoms with E-state index in [1.54, 1.807) is 6.07 Å². The number of hydrogen-bond donors (Lipinski definition) is 1. The summed E-state index contributed by atoms with van der Waals surface area (Å²) in [7, 11) is -3.97. The Kier molecular flexibility index (Phi) is 6.16. The van der Waals surface area contributed by atoms with Crippen LogP contribution in [0.2, 0.25) is 5.02 Å². The molecule has 2 aliphatic heterocycles. The van der Waals surface area contributed by atoms with E-state index in [1.807, 2.05) is 11.0 Å². The predicted octanol–water partition coefficient (Wildman–Crippen LogP) is 3.04. The molecule has 160 valence electrons. The minimum Gasteiger partial charge on any atom is -0.331 e. The quantitative estimate of drug-likeness (QED) is 0.737. The van der Waals surface area contributed by atoms with E-state index in [9.17, 15) is 13.2 Å². The summed E-state index contributed by atoms with van der Waals surface area (Å²) in [4.78, 5) is 17.1. The fourth-order valence-corrected chi connectivity index (χ4v) is 5.58. The van der Waals surface area contributed by atoms with Crippen LogP contribution in [0.25, 0.3) is 0 Å². The van der Waals surface area contributed by atoms with Crippen molar-refractivity contribution in [3.63, 3.8) is 0 Å². The Morgan fingerprint density at radius 2 is 1.80 bits per heavy atom. The molecule has 2 aliphatic rings. The molecule has 0 radical (unpaired) electrons. The number of nitrogens with two attached hydrogens (primary N) is 1. The zero-order valence-corrected chi connectivity index (χ0v) is 18.3. The molecule has 6 nitrogen and oxygen atoms in total. The first-order valence-corrected chi connectivity index (χ1v) is 12.2. The molecule has 0 spiro atoms. The number of primary sulfonamides is 1. The molecule has 0 atom stereocenters. The standard InChI is InChI=1S/C22H26ClN3O3S/c23-20-13-17-15-26(22(27)19(17)14-21(20)30(24,28)29)18-8-11-25(12-9-18)10-4-7-16-5-2-1-3-6-16/h1-3,5-6,13-14,18H,4,7-12,15H2,(H2,24,28,29). The SMILES string of the molecule is NS(=O)(=O)c1cc2c(cc1Cl)CN(C1CCN(CCCc3ccccc3)CC1)C2=O. The van der Waals surface area contributed by atoms with Crippen LogP contribution in [0.5, 0.6) is 0 Å². The van der Waals surface area contributed by atoms with E-state index in [4.69, 9.17) is 16.7 Å². The van der Waals surface area contributed by atoms with Crippen LogP contribution >= 0.6 is 11.6 Å². The van der Waals surface area contributed by atoms with E-state index >= 15 is 0 Å². The van der Waals surface area contributed by atoms with Crippen LogP contribution in [0, 0.1) is 0 Å². The maximum Gasteiger partial charge on any atom is 0.254 e. The molecular weight excluding hydrogens is 422 g/mol. The second-order valence-electron chi connectivity index (χ2n) is 8.08. The topological polar surface area (TPSA) is 83.7 Å². The van der Waals surface area contributed by atoms with Gasteiger partial charge in [0.15, 0.2) is 0 Å². The van der Waals surface area contributed by atoms with Gasteiger partial charge in [0.25, 0.3) is 5.91 Å². The van der Waals surface area contributed by atoms with Crippen molar-refractivity contribution in [2.75, 3.05) is 19.6 Å². The van der Waals surface area contributed by atoms with Crippen LogP contribution < -0.4 is 5.14 Å². The van der Waals surface area contributed by atoms with Crippen molar-refractivity contribution in [3.05, 3.63) is 64.2 Å². The molecule has 8 heteroatoms. The van der Waals surface area contributed by atoms with Gasteiger partial charge in [-0.25, -0.2) is 13.6 Å². The van der Waals surface area contributed by atoms with Gasteiger partial charge in [0.2, 0.25) is 10.0 Å². The van der Waals surface area contributed by atoms with E-state index in [-0.39, 0.29) is 21.9 Å². The lowest BCUT2D eigenvalue weighted by molar-refractivity contribution is 0.0596. The molecule has 2 aromatic rings. The molecule has 1 saturated heterocycles. The summed E-state index contributed by atoms with van der Waals surface area (Å²) in [5, 5.41) is 5.29. The Hall–Kier alpha value is -1.93. The highest BCUT2D eigenvalue weighted by atomic mass is 35.5. The number of carbonyl (C=O) groups is 1. The Labute approximate surface area is 182 Å². The van der Waals surface area contributed by atoms with Crippen molar-refractivity contribution in [3.8, 4) is 0 Å². The molecule has 1 amide bonds. The van der Waals surface area contributed by atoms with Gasteiger partial charge in [0.05, 0.1) is 5.02 Å². The molecule has 0 aromatic heterocycles. The molecule has 0 aliphatic carbocycles. The molecule has 0 saturated carbocycles. The summed E-state index contributed by atoms with van der Waals surface area (Å²) >= 11 is 6.09. The first-order chi connectivity index (χ1) is 14.3. The van der Waals surface area contributed by atoms with Crippen molar-refractivity contribution < 1.29 is 13.2 Å².